The van der Waals surface area contributed by atoms with E-state index in [0.717, 1.165) is 11.5 Å². The van der Waals surface area contributed by atoms with E-state index in [2.05, 4.69) is 19.2 Å². The average Bonchev–Trinajstić information content (AvgIpc) is 2.42. The number of halogens is 2. The van der Waals surface area contributed by atoms with Gasteiger partial charge in [0, 0.05) is 12.1 Å². The van der Waals surface area contributed by atoms with Gasteiger partial charge in [-0.1, -0.05) is 43.9 Å². The Morgan fingerprint density at radius 1 is 1.37 bits per heavy atom. The maximum absolute atomic E-state index is 13.5. The molecule has 0 heterocycles. The van der Waals surface area contributed by atoms with Crippen molar-refractivity contribution in [3.05, 3.63) is 34.6 Å². The second-order valence-electron chi connectivity index (χ2n) is 5.62. The van der Waals surface area contributed by atoms with Crippen molar-refractivity contribution in [2.45, 2.75) is 58.0 Å². The van der Waals surface area contributed by atoms with Gasteiger partial charge in [-0.2, -0.15) is 0 Å². The van der Waals surface area contributed by atoms with Crippen LogP contribution < -0.4 is 5.32 Å². The summed E-state index contributed by atoms with van der Waals surface area (Å²) in [5.74, 6) is 0.428. The molecule has 0 spiro atoms. The lowest BCUT2D eigenvalue weighted by molar-refractivity contribution is 0.240. The zero-order chi connectivity index (χ0) is 13.8. The van der Waals surface area contributed by atoms with Crippen LogP contribution in [-0.4, -0.2) is 6.04 Å². The summed E-state index contributed by atoms with van der Waals surface area (Å²) in [4.78, 5) is 0. The van der Waals surface area contributed by atoms with Crippen LogP contribution in [0.2, 0.25) is 5.02 Å². The van der Waals surface area contributed by atoms with Gasteiger partial charge in [0.2, 0.25) is 0 Å². The van der Waals surface area contributed by atoms with Crippen LogP contribution in [0.1, 0.15) is 57.6 Å². The molecule has 1 aliphatic rings. The van der Waals surface area contributed by atoms with E-state index in [1.807, 2.05) is 6.07 Å². The molecule has 3 heteroatoms. The minimum absolute atomic E-state index is 0.170. The van der Waals surface area contributed by atoms with Crippen molar-refractivity contribution < 1.29 is 4.39 Å². The Morgan fingerprint density at radius 2 is 2.11 bits per heavy atom. The lowest BCUT2D eigenvalue weighted by Crippen LogP contribution is -2.39. The van der Waals surface area contributed by atoms with Gasteiger partial charge in [-0.05, 0) is 43.4 Å². The molecule has 1 nitrogen and oxygen atoms in total. The van der Waals surface area contributed by atoms with Crippen LogP contribution in [0.3, 0.4) is 0 Å². The second-order valence-corrected chi connectivity index (χ2v) is 6.03. The first-order chi connectivity index (χ1) is 9.11. The Hall–Kier alpha value is -0.600. The molecule has 1 aliphatic carbocycles. The van der Waals surface area contributed by atoms with E-state index >= 15 is 0 Å². The zero-order valence-corrected chi connectivity index (χ0v) is 12.5. The summed E-state index contributed by atoms with van der Waals surface area (Å²) in [5, 5.41) is 3.87. The topological polar surface area (TPSA) is 12.0 Å². The number of benzene rings is 1. The zero-order valence-electron chi connectivity index (χ0n) is 11.8. The summed E-state index contributed by atoms with van der Waals surface area (Å²) in [6.45, 7) is 4.36. The molecule has 19 heavy (non-hydrogen) atoms. The molecule has 1 aromatic carbocycles. The molecular formula is C16H23ClFN. The first-order valence-corrected chi connectivity index (χ1v) is 7.70. The largest absolute Gasteiger partial charge is 0.307 e. The van der Waals surface area contributed by atoms with Crippen molar-refractivity contribution in [1.82, 2.24) is 5.32 Å². The van der Waals surface area contributed by atoms with Gasteiger partial charge < -0.3 is 5.32 Å². The summed E-state index contributed by atoms with van der Waals surface area (Å²) in [6.07, 6.45) is 6.42. The quantitative estimate of drug-likeness (QED) is 0.811. The van der Waals surface area contributed by atoms with E-state index in [-0.39, 0.29) is 16.9 Å². The van der Waals surface area contributed by atoms with E-state index in [1.54, 1.807) is 12.1 Å². The molecule has 0 bridgehead atoms. The number of hydrogen-bond donors (Lipinski definition) is 1. The molecule has 0 saturated heterocycles. The monoisotopic (exact) mass is 283 g/mol. The lowest BCUT2D eigenvalue weighted by Gasteiger charge is -2.34. The third-order valence-electron chi connectivity index (χ3n) is 4.34. The molecule has 3 unspecified atom stereocenters. The van der Waals surface area contributed by atoms with Gasteiger partial charge in [-0.3, -0.25) is 0 Å². The molecule has 0 amide bonds. The molecular weight excluding hydrogens is 261 g/mol. The number of hydrogen-bond acceptors (Lipinski definition) is 1. The van der Waals surface area contributed by atoms with Crippen LogP contribution in [0.25, 0.3) is 0 Å². The predicted molar refractivity (Wildman–Crippen MR) is 79.0 cm³/mol. The Labute approximate surface area is 120 Å². The molecule has 3 atom stereocenters. The Morgan fingerprint density at radius 3 is 2.79 bits per heavy atom. The molecule has 106 valence electrons. The van der Waals surface area contributed by atoms with E-state index in [0.29, 0.717) is 6.04 Å². The molecule has 1 fully saturated rings. The highest BCUT2D eigenvalue weighted by Crippen LogP contribution is 2.29. The van der Waals surface area contributed by atoms with Gasteiger partial charge in [0.1, 0.15) is 5.82 Å². The van der Waals surface area contributed by atoms with Crippen LogP contribution in [0.15, 0.2) is 18.2 Å². The van der Waals surface area contributed by atoms with Gasteiger partial charge in [-0.25, -0.2) is 4.39 Å². The fraction of sp³-hybridized carbons (Fsp3) is 0.625. The van der Waals surface area contributed by atoms with E-state index in [1.165, 1.54) is 32.1 Å². The van der Waals surface area contributed by atoms with Crippen LogP contribution in [0.5, 0.6) is 0 Å². The van der Waals surface area contributed by atoms with E-state index in [9.17, 15) is 4.39 Å². The molecule has 0 radical (unpaired) electrons. The molecule has 1 aromatic rings. The van der Waals surface area contributed by atoms with Gasteiger partial charge >= 0.3 is 0 Å². The summed E-state index contributed by atoms with van der Waals surface area (Å²) in [6, 6.07) is 5.83. The summed E-state index contributed by atoms with van der Waals surface area (Å²) < 4.78 is 13.5. The van der Waals surface area contributed by atoms with Crippen LogP contribution in [0, 0.1) is 11.7 Å². The van der Waals surface area contributed by atoms with Crippen molar-refractivity contribution in [3.8, 4) is 0 Å². The van der Waals surface area contributed by atoms with Gasteiger partial charge in [0.05, 0.1) is 5.02 Å². The maximum Gasteiger partial charge on any atom is 0.142 e. The Kier molecular flexibility index (Phi) is 5.23. The Balaban J connectivity index is 2.02. The van der Waals surface area contributed by atoms with Crippen molar-refractivity contribution >= 4 is 11.6 Å². The van der Waals surface area contributed by atoms with Crippen molar-refractivity contribution in [2.75, 3.05) is 0 Å². The SMILES string of the molecule is CCC1CCCCC1NC(C)c1ccc(Cl)c(F)c1. The normalized spacial score (nSPS) is 25.3. The third-order valence-corrected chi connectivity index (χ3v) is 4.65. The maximum atomic E-state index is 13.5. The van der Waals surface area contributed by atoms with E-state index in [4.69, 9.17) is 11.6 Å². The first kappa shape index (κ1) is 14.8. The number of nitrogens with one attached hydrogen (secondary N) is 1. The molecule has 0 aromatic heterocycles. The standard InChI is InChI=1S/C16H23ClFN/c1-3-12-6-4-5-7-16(12)19-11(2)13-8-9-14(17)15(18)10-13/h8-12,16,19H,3-7H2,1-2H3. The molecule has 0 aliphatic heterocycles. The Bertz CT molecular complexity index is 421. The van der Waals surface area contributed by atoms with E-state index < -0.39 is 0 Å². The minimum atomic E-state index is -0.330. The lowest BCUT2D eigenvalue weighted by atomic mass is 9.82. The van der Waals surface area contributed by atoms with Crippen molar-refractivity contribution in [2.24, 2.45) is 5.92 Å². The van der Waals surface area contributed by atoms with Crippen LogP contribution in [-0.2, 0) is 0 Å². The number of rotatable bonds is 4. The van der Waals surface area contributed by atoms with Gasteiger partial charge in [-0.15, -0.1) is 0 Å². The van der Waals surface area contributed by atoms with Crippen LogP contribution >= 0.6 is 11.6 Å². The predicted octanol–water partition coefficient (Wildman–Crippen LogP) is 5.10. The van der Waals surface area contributed by atoms with Gasteiger partial charge in [0.25, 0.3) is 0 Å². The highest BCUT2D eigenvalue weighted by molar-refractivity contribution is 6.30. The summed E-state index contributed by atoms with van der Waals surface area (Å²) in [5.41, 5.74) is 0.974. The van der Waals surface area contributed by atoms with Crippen LogP contribution in [0.4, 0.5) is 4.39 Å². The van der Waals surface area contributed by atoms with Gasteiger partial charge in [0.15, 0.2) is 0 Å². The summed E-state index contributed by atoms with van der Waals surface area (Å²) in [7, 11) is 0. The second kappa shape index (κ2) is 6.71. The highest BCUT2D eigenvalue weighted by Gasteiger charge is 2.25. The smallest absolute Gasteiger partial charge is 0.142 e. The van der Waals surface area contributed by atoms with Crippen molar-refractivity contribution in [3.63, 3.8) is 0 Å². The molecule has 1 N–H and O–H groups in total. The summed E-state index contributed by atoms with van der Waals surface area (Å²) >= 11 is 5.73. The van der Waals surface area contributed by atoms with Crippen molar-refractivity contribution in [1.29, 1.82) is 0 Å². The molecule has 2 rings (SSSR count). The molecule has 1 saturated carbocycles. The fourth-order valence-corrected chi connectivity index (χ4v) is 3.23. The first-order valence-electron chi connectivity index (χ1n) is 7.32. The third kappa shape index (κ3) is 3.70. The highest BCUT2D eigenvalue weighted by atomic mass is 35.5. The minimum Gasteiger partial charge on any atom is -0.307 e. The fourth-order valence-electron chi connectivity index (χ4n) is 3.11. The average molecular weight is 284 g/mol.